The Balaban J connectivity index is 1.81. The number of hydrogen-bond donors (Lipinski definition) is 1. The minimum absolute atomic E-state index is 0.247. The number of carbonyl (C=O) groups is 2. The molecule has 0 saturated heterocycles. The lowest BCUT2D eigenvalue weighted by atomic mass is 10.0. The second-order valence-electron chi connectivity index (χ2n) is 7.68. The molecule has 0 saturated carbocycles. The first-order valence-electron chi connectivity index (χ1n) is 11.0. The van der Waals surface area contributed by atoms with Gasteiger partial charge in [0.15, 0.2) is 0 Å². The Labute approximate surface area is 199 Å². The van der Waals surface area contributed by atoms with Crippen LogP contribution in [-0.4, -0.2) is 25.1 Å². The van der Waals surface area contributed by atoms with Crippen LogP contribution in [0, 0.1) is 0 Å². The van der Waals surface area contributed by atoms with Gasteiger partial charge in [-0.25, -0.2) is 4.79 Å². The van der Waals surface area contributed by atoms with Crippen LogP contribution in [0.25, 0.3) is 17.2 Å². The van der Waals surface area contributed by atoms with E-state index in [2.05, 4.69) is 31.3 Å². The molecule has 1 heterocycles. The highest BCUT2D eigenvalue weighted by Gasteiger charge is 2.22. The van der Waals surface area contributed by atoms with E-state index >= 15 is 0 Å². The molecule has 3 aromatic rings. The van der Waals surface area contributed by atoms with Crippen molar-refractivity contribution in [1.29, 1.82) is 0 Å². The number of benzene rings is 2. The topological polar surface area (TPSA) is 64.6 Å². The molecule has 0 aliphatic carbocycles. The first-order chi connectivity index (χ1) is 15.9. The van der Waals surface area contributed by atoms with Crippen LogP contribution < -0.4 is 10.1 Å². The number of amides is 1. The van der Waals surface area contributed by atoms with Crippen LogP contribution in [-0.2, 0) is 9.53 Å². The summed E-state index contributed by atoms with van der Waals surface area (Å²) in [6, 6.07) is 15.6. The van der Waals surface area contributed by atoms with Gasteiger partial charge < -0.3 is 14.8 Å². The van der Waals surface area contributed by atoms with Crippen molar-refractivity contribution in [3.05, 3.63) is 76.7 Å². The molecule has 2 aromatic carbocycles. The molecule has 0 bridgehead atoms. The summed E-state index contributed by atoms with van der Waals surface area (Å²) in [7, 11) is 0. The van der Waals surface area contributed by atoms with E-state index in [0.29, 0.717) is 28.7 Å². The second-order valence-corrected chi connectivity index (χ2v) is 8.55. The SMILES string of the molecule is CCOC(=O)c1c(-c2ccc(OCC)cc2)csc1NC(=O)C=Cc1ccc(C(C)C)cc1. The Morgan fingerprint density at radius 2 is 1.70 bits per heavy atom. The molecular weight excluding hydrogens is 434 g/mol. The van der Waals surface area contributed by atoms with Gasteiger partial charge in [-0.3, -0.25) is 4.79 Å². The van der Waals surface area contributed by atoms with Crippen molar-refractivity contribution in [2.45, 2.75) is 33.6 Å². The lowest BCUT2D eigenvalue weighted by molar-refractivity contribution is -0.111. The standard InChI is InChI=1S/C27H29NO4S/c1-5-31-22-14-12-21(13-15-22)23-17-33-26(25(23)27(30)32-6-2)28-24(29)16-9-19-7-10-20(11-8-19)18(3)4/h7-18H,5-6H2,1-4H3,(H,28,29). The van der Waals surface area contributed by atoms with E-state index in [1.165, 1.54) is 23.0 Å². The van der Waals surface area contributed by atoms with Crippen molar-refractivity contribution < 1.29 is 19.1 Å². The molecule has 1 aromatic heterocycles. The monoisotopic (exact) mass is 463 g/mol. The maximum Gasteiger partial charge on any atom is 0.341 e. The van der Waals surface area contributed by atoms with E-state index in [-0.39, 0.29) is 12.5 Å². The van der Waals surface area contributed by atoms with Gasteiger partial charge in [0, 0.05) is 17.0 Å². The molecule has 33 heavy (non-hydrogen) atoms. The van der Waals surface area contributed by atoms with Crippen LogP contribution in [0.15, 0.2) is 60.0 Å². The fraction of sp³-hybridized carbons (Fsp3) is 0.259. The van der Waals surface area contributed by atoms with E-state index in [4.69, 9.17) is 9.47 Å². The third-order valence-corrected chi connectivity index (χ3v) is 5.91. The van der Waals surface area contributed by atoms with Crippen molar-refractivity contribution in [2.75, 3.05) is 18.5 Å². The third kappa shape index (κ3) is 6.33. The van der Waals surface area contributed by atoms with Gasteiger partial charge in [-0.1, -0.05) is 50.2 Å². The van der Waals surface area contributed by atoms with Gasteiger partial charge in [0.2, 0.25) is 5.91 Å². The van der Waals surface area contributed by atoms with Gasteiger partial charge in [-0.15, -0.1) is 11.3 Å². The number of nitrogens with one attached hydrogen (secondary N) is 1. The third-order valence-electron chi connectivity index (χ3n) is 5.01. The summed E-state index contributed by atoms with van der Waals surface area (Å²) in [6.45, 7) is 8.79. The molecular formula is C27H29NO4S. The molecule has 0 fully saturated rings. The van der Waals surface area contributed by atoms with Gasteiger partial charge in [-0.05, 0) is 54.7 Å². The first-order valence-corrected chi connectivity index (χ1v) is 11.9. The normalized spacial score (nSPS) is 11.1. The molecule has 3 rings (SSSR count). The highest BCUT2D eigenvalue weighted by atomic mass is 32.1. The summed E-state index contributed by atoms with van der Waals surface area (Å²) < 4.78 is 10.8. The van der Waals surface area contributed by atoms with Crippen molar-refractivity contribution >= 4 is 34.3 Å². The molecule has 0 aliphatic heterocycles. The molecule has 0 aliphatic rings. The molecule has 5 nitrogen and oxygen atoms in total. The quantitative estimate of drug-likeness (QED) is 0.281. The highest BCUT2D eigenvalue weighted by molar-refractivity contribution is 7.15. The zero-order valence-electron chi connectivity index (χ0n) is 19.4. The average Bonchev–Trinajstić information content (AvgIpc) is 3.22. The Morgan fingerprint density at radius 1 is 1.00 bits per heavy atom. The Bertz CT molecular complexity index is 1110. The van der Waals surface area contributed by atoms with Gasteiger partial charge in [0.05, 0.1) is 13.2 Å². The van der Waals surface area contributed by atoms with Gasteiger partial charge in [0.1, 0.15) is 16.3 Å². The number of ether oxygens (including phenoxy) is 2. The summed E-state index contributed by atoms with van der Waals surface area (Å²) in [6.07, 6.45) is 3.22. The minimum atomic E-state index is -0.466. The Morgan fingerprint density at radius 3 is 2.30 bits per heavy atom. The maximum absolute atomic E-state index is 12.7. The molecule has 172 valence electrons. The van der Waals surface area contributed by atoms with Gasteiger partial charge >= 0.3 is 5.97 Å². The Hall–Kier alpha value is -3.38. The van der Waals surface area contributed by atoms with Crippen molar-refractivity contribution in [3.8, 4) is 16.9 Å². The van der Waals surface area contributed by atoms with Crippen LogP contribution in [0.1, 0.15) is 55.1 Å². The summed E-state index contributed by atoms with van der Waals surface area (Å²) in [5.74, 6) is 0.435. The van der Waals surface area contributed by atoms with Crippen molar-refractivity contribution in [3.63, 3.8) is 0 Å². The first kappa shape index (κ1) is 24.3. The predicted molar refractivity (Wildman–Crippen MR) is 135 cm³/mol. The molecule has 0 unspecified atom stereocenters. The smallest absolute Gasteiger partial charge is 0.341 e. The summed E-state index contributed by atoms with van der Waals surface area (Å²) in [4.78, 5) is 25.3. The van der Waals surface area contributed by atoms with Crippen LogP contribution in [0.4, 0.5) is 5.00 Å². The molecule has 0 spiro atoms. The fourth-order valence-electron chi connectivity index (χ4n) is 3.28. The van der Waals surface area contributed by atoms with Crippen molar-refractivity contribution in [1.82, 2.24) is 0 Å². The molecule has 0 radical (unpaired) electrons. The average molecular weight is 464 g/mol. The fourth-order valence-corrected chi connectivity index (χ4v) is 4.24. The largest absolute Gasteiger partial charge is 0.494 e. The summed E-state index contributed by atoms with van der Waals surface area (Å²) in [5, 5.41) is 5.15. The maximum atomic E-state index is 12.7. The molecule has 1 amide bonds. The second kappa shape index (κ2) is 11.5. The number of anilines is 1. The zero-order chi connectivity index (χ0) is 23.8. The number of carbonyl (C=O) groups excluding carboxylic acids is 2. The summed E-state index contributed by atoms with van der Waals surface area (Å²) >= 11 is 1.30. The Kier molecular flexibility index (Phi) is 8.44. The van der Waals surface area contributed by atoms with Crippen molar-refractivity contribution in [2.24, 2.45) is 0 Å². The van der Waals surface area contributed by atoms with E-state index in [1.807, 2.05) is 48.7 Å². The van der Waals surface area contributed by atoms with E-state index in [9.17, 15) is 9.59 Å². The van der Waals surface area contributed by atoms with Crippen LogP contribution in [0.5, 0.6) is 5.75 Å². The lowest BCUT2D eigenvalue weighted by Crippen LogP contribution is -2.12. The number of thiophene rings is 1. The van der Waals surface area contributed by atoms with Crippen LogP contribution in [0.2, 0.25) is 0 Å². The van der Waals surface area contributed by atoms with E-state index in [1.54, 1.807) is 13.0 Å². The predicted octanol–water partition coefficient (Wildman–Crippen LogP) is 6.77. The van der Waals surface area contributed by atoms with Gasteiger partial charge in [-0.2, -0.15) is 0 Å². The molecule has 1 N–H and O–H groups in total. The lowest BCUT2D eigenvalue weighted by Gasteiger charge is -2.09. The molecule has 0 atom stereocenters. The van der Waals surface area contributed by atoms with Gasteiger partial charge in [0.25, 0.3) is 0 Å². The van der Waals surface area contributed by atoms with Crippen LogP contribution >= 0.6 is 11.3 Å². The minimum Gasteiger partial charge on any atom is -0.494 e. The van der Waals surface area contributed by atoms with E-state index < -0.39 is 5.97 Å². The highest BCUT2D eigenvalue weighted by Crippen LogP contribution is 2.37. The number of hydrogen-bond acceptors (Lipinski definition) is 5. The number of esters is 1. The van der Waals surface area contributed by atoms with E-state index in [0.717, 1.165) is 16.9 Å². The summed E-state index contributed by atoms with van der Waals surface area (Å²) in [5.41, 5.74) is 4.09. The van der Waals surface area contributed by atoms with Crippen LogP contribution in [0.3, 0.4) is 0 Å². The number of rotatable bonds is 9. The zero-order valence-corrected chi connectivity index (χ0v) is 20.2. The molecule has 6 heteroatoms.